The molecular weight excluding hydrogens is 350 g/mol. The van der Waals surface area contributed by atoms with Crippen molar-refractivity contribution in [3.63, 3.8) is 0 Å². The van der Waals surface area contributed by atoms with Crippen LogP contribution in [0.4, 0.5) is 0 Å². The van der Waals surface area contributed by atoms with Crippen molar-refractivity contribution in [1.82, 2.24) is 14.4 Å². The summed E-state index contributed by atoms with van der Waals surface area (Å²) >= 11 is 0. The van der Waals surface area contributed by atoms with Crippen molar-refractivity contribution in [1.29, 1.82) is 0 Å². The van der Waals surface area contributed by atoms with Gasteiger partial charge in [0, 0.05) is 37.1 Å². The number of nitrogens with zero attached hydrogens (tertiary/aromatic N) is 3. The van der Waals surface area contributed by atoms with Crippen molar-refractivity contribution in [2.45, 2.75) is 46.2 Å². The van der Waals surface area contributed by atoms with Gasteiger partial charge in [-0.3, -0.25) is 9.59 Å². The number of hydrogen-bond donors (Lipinski definition) is 0. The van der Waals surface area contributed by atoms with Crippen LogP contribution in [-0.2, 0) is 18.4 Å². The fourth-order valence-corrected chi connectivity index (χ4v) is 3.41. The lowest BCUT2D eigenvalue weighted by Gasteiger charge is -2.29. The summed E-state index contributed by atoms with van der Waals surface area (Å²) in [5, 5.41) is 0. The summed E-state index contributed by atoms with van der Waals surface area (Å²) in [5.41, 5.74) is 2.87. The normalized spacial score (nSPS) is 13.6. The number of aryl methyl sites for hydroxylation is 2. The third-order valence-electron chi connectivity index (χ3n) is 5.20. The Labute approximate surface area is 167 Å². The van der Waals surface area contributed by atoms with Gasteiger partial charge in [0.05, 0.1) is 6.54 Å². The molecule has 0 N–H and O–H groups in total. The predicted octanol–water partition coefficient (Wildman–Crippen LogP) is 3.62. The molecule has 150 valence electrons. The Morgan fingerprint density at radius 2 is 1.82 bits per heavy atom. The largest absolute Gasteiger partial charge is 0.353 e. The second-order valence-corrected chi connectivity index (χ2v) is 8.31. The van der Waals surface area contributed by atoms with Gasteiger partial charge in [0.15, 0.2) is 0 Å². The van der Waals surface area contributed by atoms with Crippen molar-refractivity contribution in [3.05, 3.63) is 59.4 Å². The van der Waals surface area contributed by atoms with Crippen molar-refractivity contribution >= 4 is 11.8 Å². The van der Waals surface area contributed by atoms with E-state index in [1.54, 1.807) is 4.90 Å². The molecule has 3 rings (SSSR count). The van der Waals surface area contributed by atoms with E-state index in [0.29, 0.717) is 24.6 Å². The van der Waals surface area contributed by atoms with Gasteiger partial charge < -0.3 is 14.4 Å². The smallest absolute Gasteiger partial charge is 0.254 e. The number of carbonyl (C=O) groups excluding carboxylic acids is 2. The van der Waals surface area contributed by atoms with E-state index in [0.717, 1.165) is 24.1 Å². The molecule has 2 aromatic rings. The lowest BCUT2D eigenvalue weighted by atomic mass is 10.1. The fourth-order valence-electron chi connectivity index (χ4n) is 3.41. The molecule has 0 unspecified atom stereocenters. The summed E-state index contributed by atoms with van der Waals surface area (Å²) in [7, 11) is 1.99. The van der Waals surface area contributed by atoms with Crippen molar-refractivity contribution in [2.75, 3.05) is 13.1 Å². The minimum absolute atomic E-state index is 0.0160. The Bertz CT molecular complexity index is 819. The first-order valence-corrected chi connectivity index (χ1v) is 10.1. The van der Waals surface area contributed by atoms with Gasteiger partial charge in [0.25, 0.3) is 5.91 Å². The number of hydrogen-bond acceptors (Lipinski definition) is 2. The van der Waals surface area contributed by atoms with Gasteiger partial charge in [0.2, 0.25) is 5.91 Å². The highest BCUT2D eigenvalue weighted by Gasteiger charge is 2.35. The van der Waals surface area contributed by atoms with Crippen LogP contribution in [0.15, 0.2) is 42.6 Å². The summed E-state index contributed by atoms with van der Waals surface area (Å²) in [6, 6.07) is 11.8. The van der Waals surface area contributed by atoms with Crippen LogP contribution in [-0.4, -0.2) is 45.3 Å². The first-order valence-electron chi connectivity index (χ1n) is 10.1. The van der Waals surface area contributed by atoms with E-state index in [1.807, 2.05) is 66.0 Å². The maximum absolute atomic E-state index is 13.2. The van der Waals surface area contributed by atoms with Crippen LogP contribution < -0.4 is 0 Å². The molecular formula is C23H31N3O2. The molecule has 1 aromatic heterocycles. The Kier molecular flexibility index (Phi) is 6.22. The van der Waals surface area contributed by atoms with E-state index in [1.165, 1.54) is 0 Å². The number of amides is 2. The van der Waals surface area contributed by atoms with Gasteiger partial charge in [-0.15, -0.1) is 0 Å². The SMILES string of the molecule is Cc1ccc(C(=O)N(CC(=O)N(Cc2cccn2C)CC(C)C)C2CC2)cc1. The molecule has 0 aliphatic heterocycles. The number of aromatic nitrogens is 1. The van der Waals surface area contributed by atoms with E-state index < -0.39 is 0 Å². The number of benzene rings is 1. The molecule has 1 saturated carbocycles. The quantitative estimate of drug-likeness (QED) is 0.701. The van der Waals surface area contributed by atoms with Gasteiger partial charge in [-0.1, -0.05) is 31.5 Å². The molecule has 1 heterocycles. The summed E-state index contributed by atoms with van der Waals surface area (Å²) in [6.07, 6.45) is 3.95. The topological polar surface area (TPSA) is 45.6 Å². The van der Waals surface area contributed by atoms with Crippen LogP contribution in [0.2, 0.25) is 0 Å². The van der Waals surface area contributed by atoms with Crippen LogP contribution in [0.25, 0.3) is 0 Å². The zero-order chi connectivity index (χ0) is 20.3. The molecule has 2 amide bonds. The highest BCUT2D eigenvalue weighted by molar-refractivity contribution is 5.97. The minimum Gasteiger partial charge on any atom is -0.353 e. The molecule has 1 aromatic carbocycles. The Morgan fingerprint density at radius 1 is 1.14 bits per heavy atom. The molecule has 1 aliphatic carbocycles. The van der Waals surface area contributed by atoms with Gasteiger partial charge in [0.1, 0.15) is 6.54 Å². The highest BCUT2D eigenvalue weighted by Crippen LogP contribution is 2.28. The second kappa shape index (κ2) is 8.63. The predicted molar refractivity (Wildman–Crippen MR) is 111 cm³/mol. The van der Waals surface area contributed by atoms with Crippen molar-refractivity contribution in [2.24, 2.45) is 13.0 Å². The third kappa shape index (κ3) is 5.03. The van der Waals surface area contributed by atoms with Crippen LogP contribution in [0.3, 0.4) is 0 Å². The van der Waals surface area contributed by atoms with E-state index in [-0.39, 0.29) is 24.4 Å². The lowest BCUT2D eigenvalue weighted by molar-refractivity contribution is -0.133. The molecule has 5 nitrogen and oxygen atoms in total. The average molecular weight is 382 g/mol. The molecule has 0 spiro atoms. The summed E-state index contributed by atoms with van der Waals surface area (Å²) < 4.78 is 2.04. The molecule has 1 fully saturated rings. The minimum atomic E-state index is -0.0424. The number of rotatable bonds is 8. The fraction of sp³-hybridized carbons (Fsp3) is 0.478. The lowest BCUT2D eigenvalue weighted by Crippen LogP contribution is -2.45. The molecule has 28 heavy (non-hydrogen) atoms. The Balaban J connectivity index is 1.74. The molecule has 0 saturated heterocycles. The summed E-state index contributed by atoms with van der Waals surface area (Å²) in [5.74, 6) is 0.341. The molecule has 5 heteroatoms. The van der Waals surface area contributed by atoms with E-state index in [2.05, 4.69) is 13.8 Å². The average Bonchev–Trinajstić information content (AvgIpc) is 3.41. The van der Waals surface area contributed by atoms with E-state index in [9.17, 15) is 9.59 Å². The van der Waals surface area contributed by atoms with Crippen LogP contribution in [0.1, 0.15) is 48.3 Å². The highest BCUT2D eigenvalue weighted by atomic mass is 16.2. The first-order chi connectivity index (χ1) is 13.3. The van der Waals surface area contributed by atoms with Gasteiger partial charge >= 0.3 is 0 Å². The van der Waals surface area contributed by atoms with Gasteiger partial charge in [-0.25, -0.2) is 0 Å². The van der Waals surface area contributed by atoms with Gasteiger partial charge in [-0.2, -0.15) is 0 Å². The Hall–Kier alpha value is -2.56. The first kappa shape index (κ1) is 20.2. The monoisotopic (exact) mass is 381 g/mol. The molecule has 0 atom stereocenters. The zero-order valence-electron chi connectivity index (χ0n) is 17.4. The van der Waals surface area contributed by atoms with E-state index in [4.69, 9.17) is 0 Å². The molecule has 0 bridgehead atoms. The summed E-state index contributed by atoms with van der Waals surface area (Å²) in [6.45, 7) is 7.63. The zero-order valence-corrected chi connectivity index (χ0v) is 17.4. The maximum atomic E-state index is 13.2. The summed E-state index contributed by atoms with van der Waals surface area (Å²) in [4.78, 5) is 29.9. The molecule has 0 radical (unpaired) electrons. The van der Waals surface area contributed by atoms with Gasteiger partial charge in [-0.05, 0) is 49.9 Å². The van der Waals surface area contributed by atoms with Crippen LogP contribution >= 0.6 is 0 Å². The maximum Gasteiger partial charge on any atom is 0.254 e. The number of carbonyl (C=O) groups is 2. The van der Waals surface area contributed by atoms with Crippen LogP contribution in [0, 0.1) is 12.8 Å². The van der Waals surface area contributed by atoms with E-state index >= 15 is 0 Å². The third-order valence-corrected chi connectivity index (χ3v) is 5.20. The van der Waals surface area contributed by atoms with Crippen molar-refractivity contribution in [3.8, 4) is 0 Å². The Morgan fingerprint density at radius 3 is 2.36 bits per heavy atom. The second-order valence-electron chi connectivity index (χ2n) is 8.31. The molecule has 1 aliphatic rings. The standard InChI is InChI=1S/C23H31N3O2/c1-17(2)14-25(15-21-6-5-13-24(21)4)22(27)16-26(20-11-12-20)23(28)19-9-7-18(3)8-10-19/h5-10,13,17,20H,11-12,14-16H2,1-4H3. The van der Waals surface area contributed by atoms with Crippen molar-refractivity contribution < 1.29 is 9.59 Å². The van der Waals surface area contributed by atoms with Crippen LogP contribution in [0.5, 0.6) is 0 Å².